The Morgan fingerprint density at radius 1 is 1.19 bits per heavy atom. The maximum atomic E-state index is 12.5. The third kappa shape index (κ3) is 2.59. The minimum atomic E-state index is -4.42. The fraction of sp³-hybridized carbons (Fsp3) is 0.0833. The Kier molecular flexibility index (Phi) is 3.13. The molecule has 0 atom stereocenters. The molecule has 0 fully saturated rings. The van der Waals surface area contributed by atoms with E-state index >= 15 is 0 Å². The monoisotopic (exact) mass is 311 g/mol. The van der Waals surface area contributed by atoms with Gasteiger partial charge >= 0.3 is 6.18 Å². The molecule has 0 aliphatic carbocycles. The van der Waals surface area contributed by atoms with E-state index in [9.17, 15) is 13.2 Å². The molecule has 21 heavy (non-hydrogen) atoms. The summed E-state index contributed by atoms with van der Waals surface area (Å²) in [5, 5.41) is 6.63. The summed E-state index contributed by atoms with van der Waals surface area (Å²) in [6.45, 7) is 0. The van der Waals surface area contributed by atoms with Crippen LogP contribution in [0.4, 0.5) is 18.9 Å². The molecule has 0 amide bonds. The van der Waals surface area contributed by atoms with Gasteiger partial charge in [-0.3, -0.25) is 0 Å². The zero-order chi connectivity index (χ0) is 15.0. The predicted molar refractivity (Wildman–Crippen MR) is 71.9 cm³/mol. The van der Waals surface area contributed by atoms with Crippen LogP contribution in [0.1, 0.15) is 5.56 Å². The van der Waals surface area contributed by atoms with E-state index in [4.69, 9.17) is 5.73 Å². The molecule has 3 aromatic rings. The lowest BCUT2D eigenvalue weighted by Crippen LogP contribution is -2.07. The van der Waals surface area contributed by atoms with Crippen LogP contribution in [0.5, 0.6) is 0 Å². The maximum Gasteiger partial charge on any atom is 0.417 e. The van der Waals surface area contributed by atoms with Crippen LogP contribution in [-0.4, -0.2) is 19.7 Å². The molecular weight excluding hydrogens is 303 g/mol. The van der Waals surface area contributed by atoms with Crippen molar-refractivity contribution in [3.05, 3.63) is 41.7 Å². The minimum absolute atomic E-state index is 0.248. The van der Waals surface area contributed by atoms with Crippen molar-refractivity contribution in [1.82, 2.24) is 19.7 Å². The molecule has 3 heterocycles. The summed E-state index contributed by atoms with van der Waals surface area (Å²) in [4.78, 5) is 7.85. The number of nitrogens with two attached hydrogens (primary N) is 1. The number of hydrogen-bond acceptors (Lipinski definition) is 5. The topological polar surface area (TPSA) is 69.6 Å². The van der Waals surface area contributed by atoms with E-state index < -0.39 is 11.7 Å². The second-order valence-electron chi connectivity index (χ2n) is 4.12. The first-order valence-electron chi connectivity index (χ1n) is 5.74. The fourth-order valence-electron chi connectivity index (χ4n) is 1.70. The molecule has 3 aromatic heterocycles. The number of alkyl halides is 3. The summed E-state index contributed by atoms with van der Waals surface area (Å²) in [5.41, 5.74) is 5.89. The standard InChI is InChI=1S/C12H8F3N5S/c13-12(14,15)7-1-2-9(18-5-7)20-6-8(16)10(19-20)11-17-3-4-21-11/h1-6H,16H2. The van der Waals surface area contributed by atoms with E-state index in [-0.39, 0.29) is 5.82 Å². The van der Waals surface area contributed by atoms with Crippen molar-refractivity contribution in [2.24, 2.45) is 0 Å². The Morgan fingerprint density at radius 3 is 2.57 bits per heavy atom. The zero-order valence-electron chi connectivity index (χ0n) is 10.4. The van der Waals surface area contributed by atoms with Gasteiger partial charge < -0.3 is 5.73 Å². The maximum absolute atomic E-state index is 12.5. The molecule has 0 spiro atoms. The van der Waals surface area contributed by atoms with Crippen LogP contribution >= 0.6 is 11.3 Å². The Bertz CT molecular complexity index is 746. The highest BCUT2D eigenvalue weighted by atomic mass is 32.1. The summed E-state index contributed by atoms with van der Waals surface area (Å²) in [6.07, 6.45) is -0.543. The average Bonchev–Trinajstić information content (AvgIpc) is 3.07. The van der Waals surface area contributed by atoms with E-state index in [1.807, 2.05) is 0 Å². The molecule has 5 nitrogen and oxygen atoms in total. The van der Waals surface area contributed by atoms with E-state index in [1.54, 1.807) is 11.6 Å². The van der Waals surface area contributed by atoms with Crippen LogP contribution in [0.2, 0.25) is 0 Å². The van der Waals surface area contributed by atoms with Crippen molar-refractivity contribution >= 4 is 17.0 Å². The van der Waals surface area contributed by atoms with Crippen molar-refractivity contribution in [3.8, 4) is 16.5 Å². The van der Waals surface area contributed by atoms with Gasteiger partial charge in [0.05, 0.1) is 17.4 Å². The van der Waals surface area contributed by atoms with Gasteiger partial charge in [-0.15, -0.1) is 11.3 Å². The molecular formula is C12H8F3N5S. The van der Waals surface area contributed by atoms with E-state index in [2.05, 4.69) is 15.1 Å². The lowest BCUT2D eigenvalue weighted by atomic mass is 10.3. The van der Waals surface area contributed by atoms with Gasteiger partial charge in [0.1, 0.15) is 10.7 Å². The second kappa shape index (κ2) is 4.85. The number of nitrogens with zero attached hydrogens (tertiary/aromatic N) is 4. The third-order valence-electron chi connectivity index (χ3n) is 2.69. The lowest BCUT2D eigenvalue weighted by Gasteiger charge is -2.06. The van der Waals surface area contributed by atoms with E-state index in [0.717, 1.165) is 12.3 Å². The number of thiazole rings is 1. The van der Waals surface area contributed by atoms with Gasteiger partial charge in [-0.2, -0.15) is 18.3 Å². The van der Waals surface area contributed by atoms with Crippen molar-refractivity contribution in [2.45, 2.75) is 6.18 Å². The molecule has 3 rings (SSSR count). The van der Waals surface area contributed by atoms with Crippen LogP contribution in [0.15, 0.2) is 36.1 Å². The number of halogens is 3. The first-order valence-corrected chi connectivity index (χ1v) is 6.62. The average molecular weight is 311 g/mol. The third-order valence-corrected chi connectivity index (χ3v) is 3.47. The predicted octanol–water partition coefficient (Wildman–Crippen LogP) is 2.99. The molecule has 0 saturated heterocycles. The molecule has 9 heteroatoms. The van der Waals surface area contributed by atoms with Crippen LogP contribution in [0.3, 0.4) is 0 Å². The van der Waals surface area contributed by atoms with Gasteiger partial charge in [0.25, 0.3) is 0 Å². The highest BCUT2D eigenvalue weighted by Crippen LogP contribution is 2.29. The first-order chi connectivity index (χ1) is 9.95. The molecule has 108 valence electrons. The van der Waals surface area contributed by atoms with Gasteiger partial charge in [0.2, 0.25) is 0 Å². The molecule has 0 bridgehead atoms. The number of rotatable bonds is 2. The smallest absolute Gasteiger partial charge is 0.396 e. The molecule has 0 radical (unpaired) electrons. The molecule has 0 saturated carbocycles. The molecule has 2 N–H and O–H groups in total. The summed E-state index contributed by atoms with van der Waals surface area (Å²) < 4.78 is 38.8. The van der Waals surface area contributed by atoms with Crippen molar-refractivity contribution in [3.63, 3.8) is 0 Å². The zero-order valence-corrected chi connectivity index (χ0v) is 11.2. The summed E-state index contributed by atoms with van der Waals surface area (Å²) in [7, 11) is 0. The van der Waals surface area contributed by atoms with E-state index in [1.165, 1.54) is 28.3 Å². The number of aromatic nitrogens is 4. The minimum Gasteiger partial charge on any atom is -0.396 e. The summed E-state index contributed by atoms with van der Waals surface area (Å²) >= 11 is 1.37. The Balaban J connectivity index is 1.96. The quantitative estimate of drug-likeness (QED) is 0.790. The second-order valence-corrected chi connectivity index (χ2v) is 5.01. The lowest BCUT2D eigenvalue weighted by molar-refractivity contribution is -0.137. The molecule has 0 aliphatic rings. The molecule has 0 unspecified atom stereocenters. The normalized spacial score (nSPS) is 11.8. The largest absolute Gasteiger partial charge is 0.417 e. The van der Waals surface area contributed by atoms with Crippen molar-refractivity contribution in [1.29, 1.82) is 0 Å². The number of anilines is 1. The van der Waals surface area contributed by atoms with Crippen molar-refractivity contribution < 1.29 is 13.2 Å². The highest BCUT2D eigenvalue weighted by molar-refractivity contribution is 7.13. The summed E-state index contributed by atoms with van der Waals surface area (Å²) in [5.74, 6) is 0.248. The Morgan fingerprint density at radius 2 is 2.00 bits per heavy atom. The SMILES string of the molecule is Nc1cn(-c2ccc(C(F)(F)F)cn2)nc1-c1nccs1. The number of hydrogen-bond donors (Lipinski definition) is 1. The highest BCUT2D eigenvalue weighted by Gasteiger charge is 2.30. The van der Waals surface area contributed by atoms with Gasteiger partial charge in [-0.05, 0) is 12.1 Å². The van der Waals surface area contributed by atoms with Crippen molar-refractivity contribution in [2.75, 3.05) is 5.73 Å². The number of nitrogen functional groups attached to an aromatic ring is 1. The van der Waals surface area contributed by atoms with E-state index in [0.29, 0.717) is 16.4 Å². The number of pyridine rings is 1. The van der Waals surface area contributed by atoms with Crippen LogP contribution in [0, 0.1) is 0 Å². The Labute approximate surface area is 120 Å². The molecule has 0 aromatic carbocycles. The molecule has 0 aliphatic heterocycles. The van der Waals surface area contributed by atoms with Crippen LogP contribution in [-0.2, 0) is 6.18 Å². The van der Waals surface area contributed by atoms with Gasteiger partial charge in [0.15, 0.2) is 5.82 Å². The summed E-state index contributed by atoms with van der Waals surface area (Å²) in [6, 6.07) is 2.18. The fourth-order valence-corrected chi connectivity index (χ4v) is 2.34. The Hall–Kier alpha value is -2.42. The van der Waals surface area contributed by atoms with Crippen LogP contribution in [0.25, 0.3) is 16.5 Å². The van der Waals surface area contributed by atoms with Gasteiger partial charge in [-0.1, -0.05) is 0 Å². The van der Waals surface area contributed by atoms with Gasteiger partial charge in [-0.25, -0.2) is 14.6 Å². The van der Waals surface area contributed by atoms with Crippen LogP contribution < -0.4 is 5.73 Å². The first kappa shape index (κ1) is 13.6. The van der Waals surface area contributed by atoms with Gasteiger partial charge in [0, 0.05) is 17.8 Å².